The summed E-state index contributed by atoms with van der Waals surface area (Å²) >= 11 is 8.21. The summed E-state index contributed by atoms with van der Waals surface area (Å²) in [5.74, 6) is 0.869. The fourth-order valence-electron chi connectivity index (χ4n) is 3.57. The summed E-state index contributed by atoms with van der Waals surface area (Å²) in [6.45, 7) is 0.467. The molecule has 12 heteroatoms. The van der Waals surface area contributed by atoms with Gasteiger partial charge in [0.2, 0.25) is 12.7 Å². The number of ether oxygens (including phenoxy) is 2. The Labute approximate surface area is 185 Å². The number of carbonyl (C=O) groups excluding carboxylic acids is 1. The first-order valence-corrected chi connectivity index (χ1v) is 12.7. The number of hydrogen-bond donors (Lipinski definition) is 1. The van der Waals surface area contributed by atoms with Crippen LogP contribution in [0, 0.1) is 0 Å². The number of carbonyl (C=O) groups is 1. The smallest absolute Gasteiger partial charge is 0.253 e. The molecule has 1 atom stereocenters. The van der Waals surface area contributed by atoms with E-state index in [0.717, 1.165) is 22.5 Å². The molecule has 1 fully saturated rings. The highest BCUT2D eigenvalue weighted by Gasteiger charge is 2.38. The maximum atomic E-state index is 13.1. The predicted octanol–water partition coefficient (Wildman–Crippen LogP) is 3.92. The molecule has 0 saturated carbocycles. The first kappa shape index (κ1) is 20.0. The number of hydrogen-bond acceptors (Lipinski definition) is 8. The van der Waals surface area contributed by atoms with Crippen molar-refractivity contribution in [3.63, 3.8) is 0 Å². The first-order chi connectivity index (χ1) is 14.4. The van der Waals surface area contributed by atoms with Gasteiger partial charge in [-0.2, -0.15) is 4.31 Å². The van der Waals surface area contributed by atoms with Crippen molar-refractivity contribution >= 4 is 65.6 Å². The first-order valence-electron chi connectivity index (χ1n) is 9.20. The fourth-order valence-corrected chi connectivity index (χ4v) is 7.71. The SMILES string of the molecule is O=C(Nc1nc2cc3c(cc2s1)OCO3)C1CCCCN1S(=O)(=O)c1ccc(Cl)s1. The van der Waals surface area contributed by atoms with Crippen molar-refractivity contribution in [3.8, 4) is 11.5 Å². The van der Waals surface area contributed by atoms with Gasteiger partial charge in [0.15, 0.2) is 16.6 Å². The lowest BCUT2D eigenvalue weighted by Gasteiger charge is -2.32. The van der Waals surface area contributed by atoms with E-state index >= 15 is 0 Å². The van der Waals surface area contributed by atoms with Crippen LogP contribution in [0.3, 0.4) is 0 Å². The third-order valence-corrected chi connectivity index (χ3v) is 9.52. The molecule has 1 unspecified atom stereocenters. The van der Waals surface area contributed by atoms with E-state index < -0.39 is 16.1 Å². The molecule has 0 radical (unpaired) electrons. The lowest BCUT2D eigenvalue weighted by molar-refractivity contribution is -0.120. The number of piperidine rings is 1. The second-order valence-electron chi connectivity index (χ2n) is 6.87. The van der Waals surface area contributed by atoms with Gasteiger partial charge in [0, 0.05) is 18.7 Å². The highest BCUT2D eigenvalue weighted by Crippen LogP contribution is 2.39. The molecule has 2 aliphatic heterocycles. The van der Waals surface area contributed by atoms with Gasteiger partial charge in [0.25, 0.3) is 10.0 Å². The molecule has 30 heavy (non-hydrogen) atoms. The van der Waals surface area contributed by atoms with E-state index in [1.54, 1.807) is 12.1 Å². The molecule has 8 nitrogen and oxygen atoms in total. The lowest BCUT2D eigenvalue weighted by Crippen LogP contribution is -2.49. The van der Waals surface area contributed by atoms with E-state index in [0.29, 0.717) is 39.3 Å². The molecule has 1 N–H and O–H groups in total. The van der Waals surface area contributed by atoms with Crippen molar-refractivity contribution in [3.05, 3.63) is 28.6 Å². The molecule has 4 heterocycles. The molecule has 0 bridgehead atoms. The van der Waals surface area contributed by atoms with Crippen LogP contribution in [-0.4, -0.2) is 43.0 Å². The van der Waals surface area contributed by atoms with Crippen molar-refractivity contribution in [1.29, 1.82) is 0 Å². The van der Waals surface area contributed by atoms with E-state index in [4.69, 9.17) is 21.1 Å². The van der Waals surface area contributed by atoms with Gasteiger partial charge in [-0.1, -0.05) is 29.4 Å². The maximum absolute atomic E-state index is 13.1. The number of aromatic nitrogens is 1. The average molecular weight is 486 g/mol. The van der Waals surface area contributed by atoms with Crippen molar-refractivity contribution in [1.82, 2.24) is 9.29 Å². The van der Waals surface area contributed by atoms with Crippen molar-refractivity contribution in [2.45, 2.75) is 29.5 Å². The van der Waals surface area contributed by atoms with Crippen LogP contribution in [-0.2, 0) is 14.8 Å². The summed E-state index contributed by atoms with van der Waals surface area (Å²) in [4.78, 5) is 17.5. The monoisotopic (exact) mass is 485 g/mol. The standard InChI is InChI=1S/C18H16ClN3O5S3/c19-15-4-5-16(29-15)30(24,25)22-6-2-1-3-11(22)17(23)21-18-20-10-7-12-13(27-9-26-12)8-14(10)28-18/h4-5,7-8,11H,1-3,6,9H2,(H,20,21,23). The second kappa shape index (κ2) is 7.65. The number of sulfonamides is 1. The summed E-state index contributed by atoms with van der Waals surface area (Å²) in [5, 5.41) is 3.20. The zero-order chi connectivity index (χ0) is 20.9. The number of thiophene rings is 1. The molecule has 5 rings (SSSR count). The summed E-state index contributed by atoms with van der Waals surface area (Å²) < 4.78 is 39.5. The molecular weight excluding hydrogens is 470 g/mol. The quantitative estimate of drug-likeness (QED) is 0.601. The lowest BCUT2D eigenvalue weighted by atomic mass is 10.0. The Hall–Kier alpha value is -1.92. The second-order valence-corrected chi connectivity index (χ2v) is 11.7. The minimum Gasteiger partial charge on any atom is -0.454 e. The molecule has 0 aliphatic carbocycles. The third-order valence-electron chi connectivity index (χ3n) is 4.98. The number of nitrogens with one attached hydrogen (secondary N) is 1. The van der Waals surface area contributed by atoms with Crippen LogP contribution in [0.2, 0.25) is 4.34 Å². The molecule has 1 amide bonds. The Balaban J connectivity index is 1.39. The Morgan fingerprint density at radius 3 is 2.77 bits per heavy atom. The number of nitrogens with zero attached hydrogens (tertiary/aromatic N) is 2. The normalized spacial score (nSPS) is 19.3. The highest BCUT2D eigenvalue weighted by molar-refractivity contribution is 7.91. The van der Waals surface area contributed by atoms with Crippen LogP contribution in [0.25, 0.3) is 10.2 Å². The van der Waals surface area contributed by atoms with E-state index in [-0.39, 0.29) is 23.5 Å². The van der Waals surface area contributed by atoms with Crippen molar-refractivity contribution in [2.75, 3.05) is 18.7 Å². The highest BCUT2D eigenvalue weighted by atomic mass is 35.5. The molecule has 1 aromatic carbocycles. The predicted molar refractivity (Wildman–Crippen MR) is 115 cm³/mol. The summed E-state index contributed by atoms with van der Waals surface area (Å²) in [5.41, 5.74) is 0.681. The Bertz CT molecular complexity index is 1200. The summed E-state index contributed by atoms with van der Waals surface area (Å²) in [7, 11) is -3.80. The van der Waals surface area contributed by atoms with Crippen LogP contribution in [0.1, 0.15) is 19.3 Å². The Morgan fingerprint density at radius 2 is 2.00 bits per heavy atom. The Kier molecular flexibility index (Phi) is 5.10. The largest absolute Gasteiger partial charge is 0.454 e. The van der Waals surface area contributed by atoms with Gasteiger partial charge >= 0.3 is 0 Å². The Morgan fingerprint density at radius 1 is 1.20 bits per heavy atom. The topological polar surface area (TPSA) is 97.8 Å². The van der Waals surface area contributed by atoms with Gasteiger partial charge in [0.05, 0.1) is 14.6 Å². The van der Waals surface area contributed by atoms with Gasteiger partial charge in [-0.15, -0.1) is 11.3 Å². The van der Waals surface area contributed by atoms with Crippen LogP contribution in [0.5, 0.6) is 11.5 Å². The molecule has 2 aromatic heterocycles. The maximum Gasteiger partial charge on any atom is 0.253 e. The zero-order valence-electron chi connectivity index (χ0n) is 15.5. The zero-order valence-corrected chi connectivity index (χ0v) is 18.7. The van der Waals surface area contributed by atoms with Crippen LogP contribution in [0.15, 0.2) is 28.5 Å². The van der Waals surface area contributed by atoms with E-state index in [1.807, 2.05) is 6.07 Å². The van der Waals surface area contributed by atoms with Gasteiger partial charge < -0.3 is 14.8 Å². The molecule has 2 aliphatic rings. The van der Waals surface area contributed by atoms with Crippen LogP contribution in [0.4, 0.5) is 5.13 Å². The molecule has 3 aromatic rings. The summed E-state index contributed by atoms with van der Waals surface area (Å²) in [6, 6.07) is 5.81. The van der Waals surface area contributed by atoms with Gasteiger partial charge in [-0.05, 0) is 25.0 Å². The van der Waals surface area contributed by atoms with Gasteiger partial charge in [-0.25, -0.2) is 13.4 Å². The minimum atomic E-state index is -3.80. The van der Waals surface area contributed by atoms with E-state index in [9.17, 15) is 13.2 Å². The molecule has 158 valence electrons. The molecule has 0 spiro atoms. The number of anilines is 1. The number of amides is 1. The van der Waals surface area contributed by atoms with Gasteiger partial charge in [-0.3, -0.25) is 4.79 Å². The number of thiazole rings is 1. The van der Waals surface area contributed by atoms with E-state index in [1.165, 1.54) is 21.7 Å². The number of rotatable bonds is 4. The average Bonchev–Trinajstić information content (AvgIpc) is 3.45. The van der Waals surface area contributed by atoms with Crippen molar-refractivity contribution < 1.29 is 22.7 Å². The third kappa shape index (κ3) is 3.54. The minimum absolute atomic E-state index is 0.140. The number of benzene rings is 1. The number of halogens is 1. The fraction of sp³-hybridized carbons (Fsp3) is 0.333. The van der Waals surface area contributed by atoms with Crippen molar-refractivity contribution in [2.24, 2.45) is 0 Å². The molecular formula is C18H16ClN3O5S3. The summed E-state index contributed by atoms with van der Waals surface area (Å²) in [6.07, 6.45) is 1.93. The van der Waals surface area contributed by atoms with Crippen LogP contribution < -0.4 is 14.8 Å². The van der Waals surface area contributed by atoms with Gasteiger partial charge in [0.1, 0.15) is 10.3 Å². The van der Waals surface area contributed by atoms with E-state index in [2.05, 4.69) is 10.3 Å². The van der Waals surface area contributed by atoms with Crippen LogP contribution >= 0.6 is 34.3 Å². The molecule has 1 saturated heterocycles. The number of fused-ring (bicyclic) bond motifs is 2.